The van der Waals surface area contributed by atoms with Crippen LogP contribution < -0.4 is 0 Å². The molecule has 0 aliphatic carbocycles. The number of halogens is 3. The summed E-state index contributed by atoms with van der Waals surface area (Å²) in [4.78, 5) is 14.2. The summed E-state index contributed by atoms with van der Waals surface area (Å²) < 4.78 is 44.1. The van der Waals surface area contributed by atoms with E-state index in [4.69, 9.17) is 14.4 Å². The second-order valence-electron chi connectivity index (χ2n) is 2.12. The monoisotopic (exact) mass is 243 g/mol. The smallest absolute Gasteiger partial charge is 0.166 e. The van der Waals surface area contributed by atoms with Gasteiger partial charge in [-0.15, -0.1) is 9.79 Å². The number of hydrogen-bond acceptors (Lipinski definition) is 1. The summed E-state index contributed by atoms with van der Waals surface area (Å²) in [5.41, 5.74) is -0.602. The van der Waals surface area contributed by atoms with Crippen molar-refractivity contribution < 1.29 is 27.5 Å². The largest absolute Gasteiger partial charge is 0.692 e. The van der Waals surface area contributed by atoms with Crippen molar-refractivity contribution in [2.45, 2.75) is 13.6 Å². The summed E-state index contributed by atoms with van der Waals surface area (Å²) in [6, 6.07) is 6.36. The second kappa shape index (κ2) is 7.34. The lowest BCUT2D eigenvalue weighted by Crippen LogP contribution is -2.03. The van der Waals surface area contributed by atoms with Gasteiger partial charge in [-0.2, -0.15) is 13.2 Å². The van der Waals surface area contributed by atoms with Crippen LogP contribution in [0.4, 0.5) is 13.2 Å². The average molecular weight is 243 g/mol. The molecule has 1 rings (SSSR count). The molecule has 0 bridgehead atoms. The van der Waals surface area contributed by atoms with Crippen molar-refractivity contribution in [2.75, 3.05) is 0 Å². The zero-order valence-electron chi connectivity index (χ0n) is 6.77. The molecule has 3 nitrogen and oxygen atoms in total. The minimum atomic E-state index is -4.21. The SMILES string of the molecule is C.FC(F)(F)c1ccccc1.O=[P+](O)O. The molecule has 0 aliphatic rings. The first-order chi connectivity index (χ1) is 6.34. The molecule has 0 atom stereocenters. The van der Waals surface area contributed by atoms with Crippen molar-refractivity contribution in [3.63, 3.8) is 0 Å². The fourth-order valence-corrected chi connectivity index (χ4v) is 0.627. The van der Waals surface area contributed by atoms with E-state index in [-0.39, 0.29) is 7.43 Å². The molecule has 0 spiro atoms. The Morgan fingerprint density at radius 1 is 1.07 bits per heavy atom. The van der Waals surface area contributed by atoms with Crippen LogP contribution in [0, 0.1) is 0 Å². The minimum absolute atomic E-state index is 0. The van der Waals surface area contributed by atoms with Gasteiger partial charge in [0.15, 0.2) is 0 Å². The zero-order valence-corrected chi connectivity index (χ0v) is 7.66. The van der Waals surface area contributed by atoms with E-state index < -0.39 is 20.0 Å². The van der Waals surface area contributed by atoms with Gasteiger partial charge in [0, 0.05) is 4.57 Å². The summed E-state index contributed by atoms with van der Waals surface area (Å²) in [6.07, 6.45) is -4.21. The van der Waals surface area contributed by atoms with E-state index in [9.17, 15) is 13.2 Å². The Balaban J connectivity index is 0. The molecule has 0 fully saturated rings. The van der Waals surface area contributed by atoms with Crippen LogP contribution in [0.15, 0.2) is 30.3 Å². The maximum atomic E-state index is 11.8. The van der Waals surface area contributed by atoms with Gasteiger partial charge in [0.25, 0.3) is 0 Å². The predicted molar refractivity (Wildman–Crippen MR) is 50.2 cm³/mol. The van der Waals surface area contributed by atoms with Crippen LogP contribution in [-0.2, 0) is 10.7 Å². The van der Waals surface area contributed by atoms with E-state index in [0.717, 1.165) is 12.1 Å². The third-order valence-corrected chi connectivity index (χ3v) is 1.10. The molecule has 0 heterocycles. The van der Waals surface area contributed by atoms with Gasteiger partial charge in [-0.3, -0.25) is 0 Å². The molecule has 0 amide bonds. The lowest BCUT2D eigenvalue weighted by molar-refractivity contribution is -0.137. The first-order valence-electron chi connectivity index (χ1n) is 3.31. The molecule has 15 heavy (non-hydrogen) atoms. The molecular weight excluding hydrogens is 232 g/mol. The maximum absolute atomic E-state index is 11.8. The molecule has 1 aromatic rings. The Morgan fingerprint density at radius 3 is 1.60 bits per heavy atom. The fraction of sp³-hybridized carbons (Fsp3) is 0.250. The predicted octanol–water partition coefficient (Wildman–Crippen LogP) is 2.97. The van der Waals surface area contributed by atoms with Gasteiger partial charge in [-0.1, -0.05) is 37.8 Å². The molecule has 86 valence electrons. The van der Waals surface area contributed by atoms with Gasteiger partial charge < -0.3 is 0 Å². The van der Waals surface area contributed by atoms with Crippen molar-refractivity contribution in [1.29, 1.82) is 0 Å². The minimum Gasteiger partial charge on any atom is -0.166 e. The number of benzene rings is 1. The topological polar surface area (TPSA) is 57.5 Å². The second-order valence-corrected chi connectivity index (χ2v) is 2.62. The summed E-state index contributed by atoms with van der Waals surface area (Å²) in [5.74, 6) is 0. The highest BCUT2D eigenvalue weighted by Gasteiger charge is 2.29. The van der Waals surface area contributed by atoms with E-state index in [0.29, 0.717) is 0 Å². The highest BCUT2D eigenvalue weighted by Crippen LogP contribution is 2.28. The molecule has 7 heteroatoms. The first kappa shape index (κ1) is 16.5. The van der Waals surface area contributed by atoms with Crippen molar-refractivity contribution in [3.8, 4) is 0 Å². The molecule has 0 saturated carbocycles. The van der Waals surface area contributed by atoms with Gasteiger partial charge in [0.1, 0.15) is 0 Å². The van der Waals surface area contributed by atoms with E-state index in [1.165, 1.54) is 12.1 Å². The van der Waals surface area contributed by atoms with Crippen LogP contribution >= 0.6 is 8.25 Å². The molecule has 0 unspecified atom stereocenters. The van der Waals surface area contributed by atoms with Gasteiger partial charge in [-0.05, 0) is 0 Å². The van der Waals surface area contributed by atoms with Gasteiger partial charge in [-0.25, -0.2) is 0 Å². The highest BCUT2D eigenvalue weighted by atomic mass is 31.1. The molecular formula is C8H11F3O3P+. The van der Waals surface area contributed by atoms with Crippen molar-refractivity contribution >= 4 is 8.25 Å². The number of hydrogen-bond donors (Lipinski definition) is 2. The number of alkyl halides is 3. The first-order valence-corrected chi connectivity index (χ1v) is 4.48. The van der Waals surface area contributed by atoms with Crippen molar-refractivity contribution in [3.05, 3.63) is 35.9 Å². The van der Waals surface area contributed by atoms with Crippen molar-refractivity contribution in [1.82, 2.24) is 0 Å². The number of rotatable bonds is 0. The molecule has 0 radical (unpaired) electrons. The Kier molecular flexibility index (Phi) is 8.05. The van der Waals surface area contributed by atoms with Gasteiger partial charge in [0.2, 0.25) is 0 Å². The van der Waals surface area contributed by atoms with Crippen molar-refractivity contribution in [2.24, 2.45) is 0 Å². The van der Waals surface area contributed by atoms with E-state index in [1.54, 1.807) is 6.07 Å². The Bertz CT molecular complexity index is 283. The third kappa shape index (κ3) is 9.34. The fourth-order valence-electron chi connectivity index (χ4n) is 0.627. The summed E-state index contributed by atoms with van der Waals surface area (Å²) in [7, 11) is -2.87. The Labute approximate surface area is 86.1 Å². The van der Waals surface area contributed by atoms with E-state index >= 15 is 0 Å². The van der Waals surface area contributed by atoms with Crippen LogP contribution in [0.5, 0.6) is 0 Å². The highest BCUT2D eigenvalue weighted by molar-refractivity contribution is 7.30. The Morgan fingerprint density at radius 2 is 1.40 bits per heavy atom. The lowest BCUT2D eigenvalue weighted by Gasteiger charge is -2.03. The molecule has 0 aromatic heterocycles. The molecule has 1 aromatic carbocycles. The molecule has 0 aliphatic heterocycles. The molecule has 2 N–H and O–H groups in total. The van der Waals surface area contributed by atoms with Crippen LogP contribution in [0.25, 0.3) is 0 Å². The normalized spacial score (nSPS) is 9.40. The summed E-state index contributed by atoms with van der Waals surface area (Å²) in [5, 5.41) is 0. The standard InChI is InChI=1S/C7H5F3.CH4.HO3P/c8-7(9,10)6-4-2-1-3-5-6;;1-4(2)3/h1-5H;1H4;(H-,1,2,3)/p+1. The lowest BCUT2D eigenvalue weighted by atomic mass is 10.2. The maximum Gasteiger partial charge on any atom is 0.692 e. The average Bonchev–Trinajstić information content (AvgIpc) is 2.03. The van der Waals surface area contributed by atoms with Crippen LogP contribution in [0.2, 0.25) is 0 Å². The van der Waals surface area contributed by atoms with Crippen LogP contribution in [0.1, 0.15) is 13.0 Å². The van der Waals surface area contributed by atoms with E-state index in [1.807, 2.05) is 0 Å². The van der Waals surface area contributed by atoms with Crippen LogP contribution in [-0.4, -0.2) is 9.79 Å². The summed E-state index contributed by atoms with van der Waals surface area (Å²) in [6.45, 7) is 0. The third-order valence-electron chi connectivity index (χ3n) is 1.10. The zero-order chi connectivity index (χ0) is 11.2. The van der Waals surface area contributed by atoms with E-state index in [2.05, 4.69) is 0 Å². The summed E-state index contributed by atoms with van der Waals surface area (Å²) >= 11 is 0. The Hall–Kier alpha value is -0.970. The van der Waals surface area contributed by atoms with Crippen LogP contribution in [0.3, 0.4) is 0 Å². The van der Waals surface area contributed by atoms with Gasteiger partial charge in [0.05, 0.1) is 5.56 Å². The molecule has 0 saturated heterocycles. The quantitative estimate of drug-likeness (QED) is 0.688. The van der Waals surface area contributed by atoms with Gasteiger partial charge >= 0.3 is 14.4 Å².